The number of hydrogen-bond acceptors (Lipinski definition) is 1. The van der Waals surface area contributed by atoms with Gasteiger partial charge in [0.2, 0.25) is 0 Å². The average Bonchev–Trinajstić information content (AvgIpc) is 2.05. The first-order valence-electron chi connectivity index (χ1n) is 4.95. The highest BCUT2D eigenvalue weighted by Crippen LogP contribution is 2.01. The monoisotopic (exact) mass is 201 g/mol. The van der Waals surface area contributed by atoms with E-state index in [1.165, 1.54) is 12.1 Å². The molecular formula is C9H23N3Si. The summed E-state index contributed by atoms with van der Waals surface area (Å²) in [6.45, 7) is 4.49. The molecule has 0 spiro atoms. The minimum Gasteiger partial charge on any atom is -0.350 e. The summed E-state index contributed by atoms with van der Waals surface area (Å²) in [5.41, 5.74) is 0. The highest BCUT2D eigenvalue weighted by atomic mass is 28.3. The van der Waals surface area contributed by atoms with Gasteiger partial charge in [-0.1, -0.05) is 13.8 Å². The highest BCUT2D eigenvalue weighted by Gasteiger charge is 2.09. The summed E-state index contributed by atoms with van der Waals surface area (Å²) < 4.78 is 4.82. The van der Waals surface area contributed by atoms with Gasteiger partial charge in [0.15, 0.2) is 14.9 Å². The Hall–Kier alpha value is -0.513. The van der Waals surface area contributed by atoms with Crippen molar-refractivity contribution in [3.8, 4) is 0 Å². The molecule has 0 saturated carbocycles. The van der Waals surface area contributed by atoms with Crippen molar-refractivity contribution in [3.05, 3.63) is 0 Å². The van der Waals surface area contributed by atoms with E-state index >= 15 is 0 Å². The van der Waals surface area contributed by atoms with E-state index in [0.717, 1.165) is 5.96 Å². The van der Waals surface area contributed by atoms with Crippen molar-refractivity contribution in [2.75, 3.05) is 28.2 Å². The zero-order valence-corrected chi connectivity index (χ0v) is 11.0. The molecule has 0 aromatic rings. The Kier molecular flexibility index (Phi) is 5.78. The first kappa shape index (κ1) is 12.5. The van der Waals surface area contributed by atoms with E-state index in [9.17, 15) is 0 Å². The molecule has 0 fully saturated rings. The van der Waals surface area contributed by atoms with Gasteiger partial charge in [0.25, 0.3) is 0 Å². The Bertz CT molecular complexity index is 152. The fourth-order valence-electron chi connectivity index (χ4n) is 1.27. The van der Waals surface area contributed by atoms with Gasteiger partial charge >= 0.3 is 0 Å². The lowest BCUT2D eigenvalue weighted by Gasteiger charge is -2.24. The van der Waals surface area contributed by atoms with Crippen LogP contribution in [0.25, 0.3) is 0 Å². The van der Waals surface area contributed by atoms with Gasteiger partial charge in [-0.3, -0.25) is 4.66 Å². The first-order valence-corrected chi connectivity index (χ1v) is 7.10. The second kappa shape index (κ2) is 6.02. The molecule has 0 aliphatic carbocycles. The van der Waals surface area contributed by atoms with Gasteiger partial charge in [0, 0.05) is 28.2 Å². The fourth-order valence-corrected chi connectivity index (χ4v) is 3.00. The molecule has 0 heterocycles. The SMILES string of the molecule is CC[SiH](CC)N=C(N(C)C)N(C)C. The summed E-state index contributed by atoms with van der Waals surface area (Å²) in [5.74, 6) is 1.11. The maximum Gasteiger partial charge on any atom is 0.185 e. The Morgan fingerprint density at radius 1 is 1.00 bits per heavy atom. The summed E-state index contributed by atoms with van der Waals surface area (Å²) >= 11 is 0. The quantitative estimate of drug-likeness (QED) is 0.388. The van der Waals surface area contributed by atoms with E-state index in [-0.39, 0.29) is 0 Å². The molecule has 0 atom stereocenters. The lowest BCUT2D eigenvalue weighted by Crippen LogP contribution is -2.37. The summed E-state index contributed by atoms with van der Waals surface area (Å²) in [5, 5.41) is 0. The van der Waals surface area contributed by atoms with Crippen LogP contribution in [0.1, 0.15) is 13.8 Å². The van der Waals surface area contributed by atoms with Crippen LogP contribution in [0.2, 0.25) is 12.1 Å². The lowest BCUT2D eigenvalue weighted by molar-refractivity contribution is 0.485. The molecule has 13 heavy (non-hydrogen) atoms. The van der Waals surface area contributed by atoms with Crippen LogP contribution in [0.4, 0.5) is 0 Å². The minimum atomic E-state index is -0.858. The van der Waals surface area contributed by atoms with Gasteiger partial charge < -0.3 is 9.80 Å². The molecule has 0 N–H and O–H groups in total. The van der Waals surface area contributed by atoms with Gasteiger partial charge in [0.05, 0.1) is 0 Å². The lowest BCUT2D eigenvalue weighted by atomic mass is 10.7. The van der Waals surface area contributed by atoms with Crippen LogP contribution in [-0.4, -0.2) is 52.9 Å². The van der Waals surface area contributed by atoms with Gasteiger partial charge in [-0.15, -0.1) is 0 Å². The zero-order valence-electron chi connectivity index (χ0n) is 9.83. The molecule has 0 aliphatic heterocycles. The zero-order chi connectivity index (χ0) is 10.4. The van der Waals surface area contributed by atoms with E-state index in [0.29, 0.717) is 0 Å². The normalized spacial score (nSPS) is 10.1. The fraction of sp³-hybridized carbons (Fsp3) is 0.889. The standard InChI is InChI=1S/C9H23N3Si/c1-7-13(8-2)10-9(11(3)4)12(5)6/h13H,7-8H2,1-6H3. The van der Waals surface area contributed by atoms with Crippen LogP contribution in [0.15, 0.2) is 4.66 Å². The van der Waals surface area contributed by atoms with Crippen LogP contribution in [-0.2, 0) is 0 Å². The van der Waals surface area contributed by atoms with Crippen LogP contribution >= 0.6 is 0 Å². The smallest absolute Gasteiger partial charge is 0.185 e. The minimum absolute atomic E-state index is 0.858. The van der Waals surface area contributed by atoms with Crippen molar-refractivity contribution in [2.45, 2.75) is 25.9 Å². The summed E-state index contributed by atoms with van der Waals surface area (Å²) in [6.07, 6.45) is 0. The third-order valence-electron chi connectivity index (χ3n) is 2.04. The van der Waals surface area contributed by atoms with Crippen LogP contribution in [0, 0.1) is 0 Å². The summed E-state index contributed by atoms with van der Waals surface area (Å²) in [6, 6.07) is 2.50. The number of nitrogens with zero attached hydrogens (tertiary/aromatic N) is 3. The topological polar surface area (TPSA) is 18.8 Å². The maximum atomic E-state index is 4.82. The van der Waals surface area contributed by atoms with Gasteiger partial charge in [-0.25, -0.2) is 0 Å². The second-order valence-electron chi connectivity index (χ2n) is 3.69. The molecule has 0 aliphatic rings. The van der Waals surface area contributed by atoms with E-state index in [1.807, 2.05) is 0 Å². The predicted molar refractivity (Wildman–Crippen MR) is 62.9 cm³/mol. The molecule has 0 radical (unpaired) electrons. The van der Waals surface area contributed by atoms with Crippen LogP contribution < -0.4 is 0 Å². The molecule has 0 rings (SSSR count). The largest absolute Gasteiger partial charge is 0.350 e. The van der Waals surface area contributed by atoms with E-state index < -0.39 is 8.96 Å². The van der Waals surface area contributed by atoms with Crippen molar-refractivity contribution >= 4 is 14.9 Å². The summed E-state index contributed by atoms with van der Waals surface area (Å²) in [7, 11) is 7.35. The molecule has 0 bridgehead atoms. The Labute approximate surface area is 84.1 Å². The van der Waals surface area contributed by atoms with Crippen molar-refractivity contribution in [2.24, 2.45) is 4.66 Å². The van der Waals surface area contributed by atoms with Gasteiger partial charge in [0.1, 0.15) is 0 Å². The van der Waals surface area contributed by atoms with Crippen LogP contribution in [0.5, 0.6) is 0 Å². The number of guanidine groups is 1. The molecule has 4 heteroatoms. The third-order valence-corrected chi connectivity index (χ3v) is 4.52. The molecular weight excluding hydrogens is 178 g/mol. The Morgan fingerprint density at radius 3 is 1.62 bits per heavy atom. The van der Waals surface area contributed by atoms with Crippen molar-refractivity contribution < 1.29 is 0 Å². The van der Waals surface area contributed by atoms with E-state index in [1.54, 1.807) is 0 Å². The van der Waals surface area contributed by atoms with Crippen LogP contribution in [0.3, 0.4) is 0 Å². The number of rotatable bonds is 3. The second-order valence-corrected chi connectivity index (χ2v) is 6.89. The van der Waals surface area contributed by atoms with Crippen molar-refractivity contribution in [1.82, 2.24) is 9.80 Å². The highest BCUT2D eigenvalue weighted by molar-refractivity contribution is 6.58. The molecule has 0 amide bonds. The van der Waals surface area contributed by atoms with Gasteiger partial charge in [-0.2, -0.15) is 0 Å². The maximum absolute atomic E-state index is 4.82. The van der Waals surface area contributed by atoms with Crippen molar-refractivity contribution in [1.29, 1.82) is 0 Å². The van der Waals surface area contributed by atoms with E-state index in [2.05, 4.69) is 51.8 Å². The molecule has 3 nitrogen and oxygen atoms in total. The molecule has 0 aromatic carbocycles. The molecule has 0 saturated heterocycles. The van der Waals surface area contributed by atoms with E-state index in [4.69, 9.17) is 4.66 Å². The molecule has 78 valence electrons. The summed E-state index contributed by atoms with van der Waals surface area (Å²) in [4.78, 5) is 4.18. The van der Waals surface area contributed by atoms with Crippen molar-refractivity contribution in [3.63, 3.8) is 0 Å². The molecule has 0 aromatic heterocycles. The average molecular weight is 201 g/mol. The Balaban J connectivity index is 4.50. The number of hydrogen-bond donors (Lipinski definition) is 0. The Morgan fingerprint density at radius 2 is 1.38 bits per heavy atom. The predicted octanol–water partition coefficient (Wildman–Crippen LogP) is 1.23. The third kappa shape index (κ3) is 4.31. The van der Waals surface area contributed by atoms with Gasteiger partial charge in [-0.05, 0) is 12.1 Å². The first-order chi connectivity index (χ1) is 6.02. The molecule has 0 unspecified atom stereocenters.